The van der Waals surface area contributed by atoms with E-state index in [9.17, 15) is 18.0 Å². The van der Waals surface area contributed by atoms with Gasteiger partial charge in [-0.3, -0.25) is 9.36 Å². The first-order valence-electron chi connectivity index (χ1n) is 8.43. The first-order valence-corrected chi connectivity index (χ1v) is 9.80. The molecule has 10 heteroatoms. The molecule has 29 heavy (non-hydrogen) atoms. The number of halogens is 4. The Hall–Kier alpha value is -2.52. The van der Waals surface area contributed by atoms with Crippen molar-refractivity contribution in [1.82, 2.24) is 14.8 Å². The quantitative estimate of drug-likeness (QED) is 0.548. The number of rotatable bonds is 5. The Kier molecular flexibility index (Phi) is 6.18. The molecule has 3 rings (SSSR count). The summed E-state index contributed by atoms with van der Waals surface area (Å²) in [6.45, 7) is 3.76. The second-order valence-corrected chi connectivity index (χ2v) is 7.58. The number of benzene rings is 2. The lowest BCUT2D eigenvalue weighted by Gasteiger charge is -2.12. The van der Waals surface area contributed by atoms with E-state index in [0.29, 0.717) is 11.0 Å². The maximum atomic E-state index is 12.9. The molecule has 0 unspecified atom stereocenters. The molecule has 0 radical (unpaired) electrons. The van der Waals surface area contributed by atoms with Crippen LogP contribution in [0.25, 0.3) is 5.69 Å². The lowest BCUT2D eigenvalue weighted by atomic mass is 10.2. The Balaban J connectivity index is 1.72. The third-order valence-electron chi connectivity index (χ3n) is 3.99. The molecule has 1 aromatic heterocycles. The predicted octanol–water partition coefficient (Wildman–Crippen LogP) is 5.29. The fourth-order valence-corrected chi connectivity index (χ4v) is 3.50. The van der Waals surface area contributed by atoms with E-state index in [2.05, 4.69) is 15.5 Å². The van der Waals surface area contributed by atoms with Crippen LogP contribution in [0.15, 0.2) is 47.6 Å². The minimum Gasteiger partial charge on any atom is -0.324 e. The molecule has 0 aliphatic rings. The Morgan fingerprint density at radius 1 is 1.14 bits per heavy atom. The van der Waals surface area contributed by atoms with Gasteiger partial charge < -0.3 is 5.32 Å². The van der Waals surface area contributed by atoms with Gasteiger partial charge >= 0.3 is 6.18 Å². The van der Waals surface area contributed by atoms with Gasteiger partial charge in [0.05, 0.1) is 22.0 Å². The number of aromatic nitrogens is 3. The SMILES string of the molecule is Cc1ccc(-n2c(C)nnc2SCC(=O)Nc2cc(C(F)(F)F)ccc2Cl)cc1. The van der Waals surface area contributed by atoms with E-state index < -0.39 is 17.6 Å². The van der Waals surface area contributed by atoms with Crippen LogP contribution in [0.2, 0.25) is 5.02 Å². The highest BCUT2D eigenvalue weighted by molar-refractivity contribution is 7.99. The molecule has 1 N–H and O–H groups in total. The van der Waals surface area contributed by atoms with Crippen molar-refractivity contribution >= 4 is 35.0 Å². The van der Waals surface area contributed by atoms with E-state index in [-0.39, 0.29) is 16.5 Å². The van der Waals surface area contributed by atoms with Crippen LogP contribution < -0.4 is 5.32 Å². The number of carbonyl (C=O) groups is 1. The lowest BCUT2D eigenvalue weighted by molar-refractivity contribution is -0.137. The third kappa shape index (κ3) is 5.10. The summed E-state index contributed by atoms with van der Waals surface area (Å²) in [6.07, 6.45) is -4.53. The minimum absolute atomic E-state index is 0.0232. The largest absolute Gasteiger partial charge is 0.416 e. The topological polar surface area (TPSA) is 59.8 Å². The van der Waals surface area contributed by atoms with Gasteiger partial charge in [0.15, 0.2) is 5.16 Å². The van der Waals surface area contributed by atoms with Gasteiger partial charge in [-0.15, -0.1) is 10.2 Å². The van der Waals surface area contributed by atoms with E-state index in [1.807, 2.05) is 31.2 Å². The van der Waals surface area contributed by atoms with Crippen LogP contribution in [0.4, 0.5) is 18.9 Å². The van der Waals surface area contributed by atoms with E-state index in [4.69, 9.17) is 11.6 Å². The van der Waals surface area contributed by atoms with E-state index in [0.717, 1.165) is 41.2 Å². The van der Waals surface area contributed by atoms with E-state index in [1.165, 1.54) is 0 Å². The molecule has 0 fully saturated rings. The highest BCUT2D eigenvalue weighted by Crippen LogP contribution is 2.34. The van der Waals surface area contributed by atoms with Crippen LogP contribution in [0.3, 0.4) is 0 Å². The molecule has 1 heterocycles. The van der Waals surface area contributed by atoms with Crippen LogP contribution in [0, 0.1) is 13.8 Å². The van der Waals surface area contributed by atoms with Crippen LogP contribution in [0.5, 0.6) is 0 Å². The molecule has 0 aliphatic heterocycles. The number of amides is 1. The number of hydrogen-bond donors (Lipinski definition) is 1. The van der Waals surface area contributed by atoms with Crippen molar-refractivity contribution < 1.29 is 18.0 Å². The highest BCUT2D eigenvalue weighted by Gasteiger charge is 2.31. The second-order valence-electron chi connectivity index (χ2n) is 6.23. The summed E-state index contributed by atoms with van der Waals surface area (Å²) in [4.78, 5) is 12.3. The first kappa shape index (κ1) is 21.2. The Labute approximate surface area is 174 Å². The van der Waals surface area contributed by atoms with Crippen molar-refractivity contribution in [2.24, 2.45) is 0 Å². The summed E-state index contributed by atoms with van der Waals surface area (Å²) in [7, 11) is 0. The van der Waals surface area contributed by atoms with E-state index in [1.54, 1.807) is 11.5 Å². The number of nitrogens with one attached hydrogen (secondary N) is 1. The van der Waals surface area contributed by atoms with Crippen molar-refractivity contribution in [3.05, 3.63) is 64.4 Å². The summed E-state index contributed by atoms with van der Waals surface area (Å²) in [5, 5.41) is 11.1. The molecular weight excluding hydrogens is 425 g/mol. The molecule has 0 atom stereocenters. The zero-order valence-electron chi connectivity index (χ0n) is 15.4. The van der Waals surface area contributed by atoms with Gasteiger partial charge in [0.1, 0.15) is 5.82 Å². The normalized spacial score (nSPS) is 11.5. The zero-order chi connectivity index (χ0) is 21.2. The molecule has 5 nitrogen and oxygen atoms in total. The van der Waals surface area contributed by atoms with E-state index >= 15 is 0 Å². The summed E-state index contributed by atoms with van der Waals surface area (Å²) in [5.41, 5.74) is 0.968. The molecule has 0 saturated heterocycles. The molecule has 0 spiro atoms. The van der Waals surface area contributed by atoms with Crippen molar-refractivity contribution in [3.63, 3.8) is 0 Å². The summed E-state index contributed by atoms with van der Waals surface area (Å²) in [5.74, 6) is 0.0707. The third-order valence-corrected chi connectivity index (χ3v) is 5.25. The zero-order valence-corrected chi connectivity index (χ0v) is 17.0. The van der Waals surface area contributed by atoms with Crippen molar-refractivity contribution in [2.45, 2.75) is 25.2 Å². The number of anilines is 1. The average molecular weight is 441 g/mol. The predicted molar refractivity (Wildman–Crippen MR) is 107 cm³/mol. The minimum atomic E-state index is -4.53. The van der Waals surface area contributed by atoms with Gasteiger partial charge in [0, 0.05) is 5.69 Å². The fourth-order valence-electron chi connectivity index (χ4n) is 2.54. The number of thioether (sulfide) groups is 1. The maximum absolute atomic E-state index is 12.9. The molecule has 152 valence electrons. The van der Waals surface area contributed by atoms with Gasteiger partial charge in [-0.05, 0) is 44.2 Å². The van der Waals surface area contributed by atoms with Crippen LogP contribution in [0.1, 0.15) is 17.0 Å². The molecule has 0 bridgehead atoms. The Morgan fingerprint density at radius 2 is 1.83 bits per heavy atom. The van der Waals surface area contributed by atoms with Gasteiger partial charge in [0.2, 0.25) is 5.91 Å². The van der Waals surface area contributed by atoms with Crippen molar-refractivity contribution in [3.8, 4) is 5.69 Å². The number of nitrogens with zero attached hydrogens (tertiary/aromatic N) is 3. The van der Waals surface area contributed by atoms with Crippen LogP contribution in [-0.4, -0.2) is 26.4 Å². The number of alkyl halides is 3. The maximum Gasteiger partial charge on any atom is 0.416 e. The Morgan fingerprint density at radius 3 is 2.48 bits per heavy atom. The summed E-state index contributed by atoms with van der Waals surface area (Å²) in [6, 6.07) is 10.5. The van der Waals surface area contributed by atoms with Gasteiger partial charge in [-0.2, -0.15) is 13.2 Å². The van der Waals surface area contributed by atoms with Gasteiger partial charge in [-0.25, -0.2) is 0 Å². The van der Waals surface area contributed by atoms with Crippen LogP contribution >= 0.6 is 23.4 Å². The number of aryl methyl sites for hydroxylation is 2. The second kappa shape index (κ2) is 8.46. The standard InChI is InChI=1S/C19H16ClF3N4OS/c1-11-3-6-14(7-4-11)27-12(2)25-26-18(27)29-10-17(28)24-16-9-13(19(21,22)23)5-8-15(16)20/h3-9H,10H2,1-2H3,(H,24,28). The average Bonchev–Trinajstić information content (AvgIpc) is 3.02. The number of hydrogen-bond acceptors (Lipinski definition) is 4. The smallest absolute Gasteiger partial charge is 0.324 e. The van der Waals surface area contributed by atoms with Gasteiger partial charge in [0.25, 0.3) is 0 Å². The lowest BCUT2D eigenvalue weighted by Crippen LogP contribution is -2.16. The van der Waals surface area contributed by atoms with Crippen LogP contribution in [-0.2, 0) is 11.0 Å². The number of carbonyl (C=O) groups excluding carboxylic acids is 1. The van der Waals surface area contributed by atoms with Crippen molar-refractivity contribution in [1.29, 1.82) is 0 Å². The molecule has 1 amide bonds. The summed E-state index contributed by atoms with van der Waals surface area (Å²) < 4.78 is 40.4. The molecule has 0 aliphatic carbocycles. The molecule has 2 aromatic carbocycles. The molecule has 0 saturated carbocycles. The summed E-state index contributed by atoms with van der Waals surface area (Å²) >= 11 is 7.04. The highest BCUT2D eigenvalue weighted by atomic mass is 35.5. The van der Waals surface area contributed by atoms with Crippen molar-refractivity contribution in [2.75, 3.05) is 11.1 Å². The Bertz CT molecular complexity index is 1030. The fraction of sp³-hybridized carbons (Fsp3) is 0.211. The van der Waals surface area contributed by atoms with Gasteiger partial charge in [-0.1, -0.05) is 41.1 Å². The molecule has 3 aromatic rings. The first-order chi connectivity index (χ1) is 13.6. The molecular formula is C19H16ClF3N4OS. The monoisotopic (exact) mass is 440 g/mol.